The molecule has 0 bridgehead atoms. The third-order valence-corrected chi connectivity index (χ3v) is 4.75. The number of benzene rings is 1. The molecule has 7 nitrogen and oxygen atoms in total. The predicted octanol–water partition coefficient (Wildman–Crippen LogP) is 1.84. The normalized spacial score (nSPS) is 17.7. The molecule has 0 radical (unpaired) electrons. The van der Waals surface area contributed by atoms with Gasteiger partial charge in [-0.2, -0.15) is 0 Å². The van der Waals surface area contributed by atoms with E-state index >= 15 is 0 Å². The van der Waals surface area contributed by atoms with Crippen molar-refractivity contribution >= 4 is 22.6 Å². The average Bonchev–Trinajstić information content (AvgIpc) is 3.07. The molecule has 3 N–H and O–H groups in total. The second kappa shape index (κ2) is 8.42. The average molecular weight is 357 g/mol. The highest BCUT2D eigenvalue weighted by Gasteiger charge is 2.29. The van der Waals surface area contributed by atoms with Crippen molar-refractivity contribution in [3.8, 4) is 0 Å². The minimum atomic E-state index is -0.267. The molecule has 1 aliphatic heterocycles. The number of rotatable bonds is 8. The van der Waals surface area contributed by atoms with Gasteiger partial charge in [0, 0.05) is 25.6 Å². The molecule has 1 fully saturated rings. The predicted molar refractivity (Wildman–Crippen MR) is 102 cm³/mol. The van der Waals surface area contributed by atoms with Crippen molar-refractivity contribution in [2.75, 3.05) is 32.1 Å². The van der Waals surface area contributed by atoms with Gasteiger partial charge in [0.15, 0.2) is 0 Å². The Morgan fingerprint density at radius 2 is 2.27 bits per heavy atom. The first kappa shape index (κ1) is 18.5. The fraction of sp³-hybridized carbons (Fsp3) is 0.526. The number of amides is 1. The number of likely N-dealkylation sites (tertiary alicyclic amines) is 1. The number of hydrogen-bond donors (Lipinski definition) is 2. The van der Waals surface area contributed by atoms with Gasteiger partial charge in [-0.15, -0.1) is 0 Å². The summed E-state index contributed by atoms with van der Waals surface area (Å²) in [6, 6.07) is 5.95. The van der Waals surface area contributed by atoms with Crippen molar-refractivity contribution in [1.82, 2.24) is 14.9 Å². The van der Waals surface area contributed by atoms with Gasteiger partial charge in [-0.1, -0.05) is 11.6 Å². The number of primary amides is 1. The molecule has 1 amide bonds. The molecule has 1 saturated heterocycles. The van der Waals surface area contributed by atoms with E-state index in [1.807, 2.05) is 6.07 Å². The lowest BCUT2D eigenvalue weighted by atomic mass is 10.1. The maximum Gasteiger partial charge on any atom is 0.234 e. The molecular weight excluding hydrogens is 330 g/mol. The largest absolute Gasteiger partial charge is 0.385 e. The molecule has 0 unspecified atom stereocenters. The Balaban J connectivity index is 1.86. The lowest BCUT2D eigenvalue weighted by Crippen LogP contribution is -2.40. The second-order valence-corrected chi connectivity index (χ2v) is 6.81. The molecule has 140 valence electrons. The number of nitrogens with zero attached hydrogens (tertiary/aromatic N) is 3. The first-order valence-corrected chi connectivity index (χ1v) is 9.12. The van der Waals surface area contributed by atoms with Crippen molar-refractivity contribution in [3.05, 3.63) is 29.6 Å². The Labute approximate surface area is 153 Å². The minimum Gasteiger partial charge on any atom is -0.385 e. The second-order valence-electron chi connectivity index (χ2n) is 6.81. The van der Waals surface area contributed by atoms with Gasteiger partial charge in [0.25, 0.3) is 0 Å². The van der Waals surface area contributed by atoms with Gasteiger partial charge < -0.3 is 15.8 Å². The van der Waals surface area contributed by atoms with Crippen LogP contribution in [0, 0.1) is 6.92 Å². The van der Waals surface area contributed by atoms with Crippen LogP contribution < -0.4 is 11.1 Å². The summed E-state index contributed by atoms with van der Waals surface area (Å²) in [7, 11) is 1.70. The lowest BCUT2D eigenvalue weighted by Gasteiger charge is -2.21. The van der Waals surface area contributed by atoms with E-state index in [0.29, 0.717) is 19.0 Å². The van der Waals surface area contributed by atoms with E-state index in [-0.39, 0.29) is 11.9 Å². The van der Waals surface area contributed by atoms with Gasteiger partial charge in [0.05, 0.1) is 18.1 Å². The standard InChI is InChI=1S/C19H27N5O2/c1-13-6-7-15-14(11-13)19(21-8-4-10-26-2)23-17(22-15)12-24-9-3-5-16(24)18(20)25/h6-7,11,16H,3-5,8-10,12H2,1-2H3,(H2,20,25)(H,21,22,23)/t16-/m0/s1. The van der Waals surface area contributed by atoms with Gasteiger partial charge in [-0.3, -0.25) is 9.69 Å². The van der Waals surface area contributed by atoms with Crippen molar-refractivity contribution in [2.45, 2.75) is 38.8 Å². The maximum absolute atomic E-state index is 11.6. The monoisotopic (exact) mass is 357 g/mol. The number of nitrogens with one attached hydrogen (secondary N) is 1. The fourth-order valence-electron chi connectivity index (χ4n) is 3.44. The summed E-state index contributed by atoms with van der Waals surface area (Å²) >= 11 is 0. The van der Waals surface area contributed by atoms with Crippen molar-refractivity contribution in [1.29, 1.82) is 0 Å². The molecule has 1 aromatic carbocycles. The van der Waals surface area contributed by atoms with Crippen LogP contribution in [-0.2, 0) is 16.1 Å². The smallest absolute Gasteiger partial charge is 0.234 e. The first-order chi connectivity index (χ1) is 12.6. The van der Waals surface area contributed by atoms with Crippen LogP contribution in [0.4, 0.5) is 5.82 Å². The number of carbonyl (C=O) groups excluding carboxylic acids is 1. The molecule has 3 rings (SSSR count). The van der Waals surface area contributed by atoms with Crippen LogP contribution in [0.3, 0.4) is 0 Å². The highest BCUT2D eigenvalue weighted by molar-refractivity contribution is 5.89. The number of carbonyl (C=O) groups is 1. The van der Waals surface area contributed by atoms with E-state index in [0.717, 1.165) is 49.1 Å². The van der Waals surface area contributed by atoms with Crippen LogP contribution in [0.2, 0.25) is 0 Å². The van der Waals surface area contributed by atoms with E-state index in [9.17, 15) is 4.79 Å². The van der Waals surface area contributed by atoms with Crippen LogP contribution in [-0.4, -0.2) is 53.6 Å². The number of methoxy groups -OCH3 is 1. The van der Waals surface area contributed by atoms with Crippen LogP contribution in [0.25, 0.3) is 10.9 Å². The number of ether oxygens (including phenoxy) is 1. The summed E-state index contributed by atoms with van der Waals surface area (Å²) in [5.74, 6) is 1.28. The fourth-order valence-corrected chi connectivity index (χ4v) is 3.44. The maximum atomic E-state index is 11.6. The minimum absolute atomic E-state index is 0.217. The molecular formula is C19H27N5O2. The van der Waals surface area contributed by atoms with E-state index in [4.69, 9.17) is 20.4 Å². The van der Waals surface area contributed by atoms with Gasteiger partial charge in [0.2, 0.25) is 5.91 Å². The summed E-state index contributed by atoms with van der Waals surface area (Å²) in [5.41, 5.74) is 7.60. The zero-order chi connectivity index (χ0) is 18.5. The van der Waals surface area contributed by atoms with E-state index in [2.05, 4.69) is 29.3 Å². The zero-order valence-corrected chi connectivity index (χ0v) is 15.5. The van der Waals surface area contributed by atoms with E-state index < -0.39 is 0 Å². The number of hydrogen-bond acceptors (Lipinski definition) is 6. The number of aryl methyl sites for hydroxylation is 1. The Hall–Kier alpha value is -2.25. The molecule has 1 aliphatic rings. The number of anilines is 1. The van der Waals surface area contributed by atoms with Gasteiger partial charge in [-0.05, 0) is 44.9 Å². The molecule has 2 heterocycles. The first-order valence-electron chi connectivity index (χ1n) is 9.12. The highest BCUT2D eigenvalue weighted by Crippen LogP contribution is 2.24. The summed E-state index contributed by atoms with van der Waals surface area (Å²) in [5, 5.41) is 4.42. The zero-order valence-electron chi connectivity index (χ0n) is 15.5. The molecule has 0 saturated carbocycles. The summed E-state index contributed by atoms with van der Waals surface area (Å²) in [6.45, 7) is 4.92. The Morgan fingerprint density at radius 1 is 1.42 bits per heavy atom. The Kier molecular flexibility index (Phi) is 6.00. The van der Waals surface area contributed by atoms with Crippen molar-refractivity contribution < 1.29 is 9.53 Å². The van der Waals surface area contributed by atoms with Crippen LogP contribution in [0.1, 0.15) is 30.7 Å². The topological polar surface area (TPSA) is 93.4 Å². The van der Waals surface area contributed by atoms with Crippen molar-refractivity contribution in [3.63, 3.8) is 0 Å². The summed E-state index contributed by atoms with van der Waals surface area (Å²) in [4.78, 5) is 23.2. The Bertz CT molecular complexity index is 780. The van der Waals surface area contributed by atoms with Gasteiger partial charge in [0.1, 0.15) is 11.6 Å². The molecule has 1 aromatic heterocycles. The number of aromatic nitrogens is 2. The Morgan fingerprint density at radius 3 is 3.04 bits per heavy atom. The molecule has 26 heavy (non-hydrogen) atoms. The van der Waals surface area contributed by atoms with Crippen LogP contribution in [0.5, 0.6) is 0 Å². The van der Waals surface area contributed by atoms with E-state index in [1.54, 1.807) is 7.11 Å². The van der Waals surface area contributed by atoms with Gasteiger partial charge in [-0.25, -0.2) is 9.97 Å². The quantitative estimate of drug-likeness (QED) is 0.700. The molecule has 0 spiro atoms. The molecule has 0 aliphatic carbocycles. The third-order valence-electron chi connectivity index (χ3n) is 4.75. The number of fused-ring (bicyclic) bond motifs is 1. The molecule has 2 aromatic rings. The van der Waals surface area contributed by atoms with Crippen molar-refractivity contribution in [2.24, 2.45) is 5.73 Å². The van der Waals surface area contributed by atoms with Gasteiger partial charge >= 0.3 is 0 Å². The molecule has 1 atom stereocenters. The number of nitrogens with two attached hydrogens (primary N) is 1. The van der Waals surface area contributed by atoms with E-state index in [1.165, 1.54) is 5.56 Å². The SMILES string of the molecule is COCCCNc1nc(CN2CCC[C@H]2C(N)=O)nc2ccc(C)cc12. The van der Waals surface area contributed by atoms with Crippen LogP contribution >= 0.6 is 0 Å². The summed E-state index contributed by atoms with van der Waals surface area (Å²) in [6.07, 6.45) is 2.69. The summed E-state index contributed by atoms with van der Waals surface area (Å²) < 4.78 is 5.11. The highest BCUT2D eigenvalue weighted by atomic mass is 16.5. The lowest BCUT2D eigenvalue weighted by molar-refractivity contribution is -0.122. The molecule has 7 heteroatoms. The van der Waals surface area contributed by atoms with Crippen LogP contribution in [0.15, 0.2) is 18.2 Å². The third kappa shape index (κ3) is 4.28.